The van der Waals surface area contributed by atoms with Gasteiger partial charge in [0.05, 0.1) is 17.4 Å². The maximum atomic E-state index is 12.7. The molecule has 2 rings (SSSR count). The highest BCUT2D eigenvalue weighted by molar-refractivity contribution is 7.91. The highest BCUT2D eigenvalue weighted by Gasteiger charge is 2.36. The third-order valence-electron chi connectivity index (χ3n) is 4.33. The Morgan fingerprint density at radius 2 is 2.14 bits per heavy atom. The van der Waals surface area contributed by atoms with Crippen LogP contribution >= 0.6 is 12.4 Å². The molecule has 0 bridgehead atoms. The van der Waals surface area contributed by atoms with Crippen molar-refractivity contribution in [3.8, 4) is 0 Å². The third kappa shape index (κ3) is 5.37. The summed E-state index contributed by atoms with van der Waals surface area (Å²) in [5.41, 5.74) is 0. The molecule has 0 aromatic heterocycles. The van der Waals surface area contributed by atoms with Gasteiger partial charge in [0.1, 0.15) is 0 Å². The van der Waals surface area contributed by atoms with E-state index in [1.165, 1.54) is 0 Å². The number of nitrogens with one attached hydrogen (secondary N) is 1. The summed E-state index contributed by atoms with van der Waals surface area (Å²) < 4.78 is 28.5. The molecule has 130 valence electrons. The number of hydrogen-bond acceptors (Lipinski definition) is 5. The lowest BCUT2D eigenvalue weighted by Gasteiger charge is -2.33. The van der Waals surface area contributed by atoms with Gasteiger partial charge in [0, 0.05) is 32.8 Å². The van der Waals surface area contributed by atoms with Crippen LogP contribution in [0.15, 0.2) is 0 Å². The van der Waals surface area contributed by atoms with Crippen molar-refractivity contribution in [2.24, 2.45) is 5.92 Å². The number of carbonyl (C=O) groups excluding carboxylic acids is 1. The summed E-state index contributed by atoms with van der Waals surface area (Å²) in [5.74, 6) is 0.422. The van der Waals surface area contributed by atoms with Crippen molar-refractivity contribution < 1.29 is 17.9 Å². The first-order valence-corrected chi connectivity index (χ1v) is 9.56. The van der Waals surface area contributed by atoms with E-state index in [1.807, 2.05) is 0 Å². The predicted octanol–water partition coefficient (Wildman–Crippen LogP) is 0.460. The van der Waals surface area contributed by atoms with E-state index in [-0.39, 0.29) is 41.8 Å². The smallest absolute Gasteiger partial charge is 0.227 e. The number of carbonyl (C=O) groups is 1. The lowest BCUT2D eigenvalue weighted by molar-refractivity contribution is -0.138. The number of sulfone groups is 1. The van der Waals surface area contributed by atoms with Crippen LogP contribution in [-0.2, 0) is 19.4 Å². The van der Waals surface area contributed by atoms with E-state index in [1.54, 1.807) is 12.0 Å². The van der Waals surface area contributed by atoms with Crippen molar-refractivity contribution in [2.45, 2.75) is 31.7 Å². The highest BCUT2D eigenvalue weighted by Crippen LogP contribution is 2.22. The molecule has 0 aromatic carbocycles. The normalized spacial score (nSPS) is 27.1. The van der Waals surface area contributed by atoms with Gasteiger partial charge >= 0.3 is 0 Å². The SMILES string of the molecule is COCCCN(C(=O)C1CCCNC1)C1CCS(=O)(=O)C1.Cl. The summed E-state index contributed by atoms with van der Waals surface area (Å²) in [5, 5.41) is 3.25. The number of hydrogen-bond donors (Lipinski definition) is 1. The minimum atomic E-state index is -2.98. The second-order valence-corrected chi connectivity index (χ2v) is 8.21. The Morgan fingerprint density at radius 3 is 2.68 bits per heavy atom. The molecule has 2 aliphatic rings. The molecule has 8 heteroatoms. The molecule has 0 spiro atoms. The van der Waals surface area contributed by atoms with Gasteiger partial charge < -0.3 is 15.0 Å². The molecular formula is C14H27ClN2O4S. The minimum absolute atomic E-state index is 0. The number of piperidine rings is 1. The number of rotatable bonds is 6. The summed E-state index contributed by atoms with van der Waals surface area (Å²) in [4.78, 5) is 14.5. The van der Waals surface area contributed by atoms with Crippen LogP contribution in [0.3, 0.4) is 0 Å². The van der Waals surface area contributed by atoms with Crippen molar-refractivity contribution in [2.75, 3.05) is 44.9 Å². The molecule has 2 saturated heterocycles. The summed E-state index contributed by atoms with van der Waals surface area (Å²) >= 11 is 0. The zero-order chi connectivity index (χ0) is 15.3. The molecule has 1 N–H and O–H groups in total. The third-order valence-corrected chi connectivity index (χ3v) is 6.08. The Kier molecular flexibility index (Phi) is 8.10. The minimum Gasteiger partial charge on any atom is -0.385 e. The van der Waals surface area contributed by atoms with E-state index in [0.29, 0.717) is 26.1 Å². The van der Waals surface area contributed by atoms with Crippen LogP contribution in [0.4, 0.5) is 0 Å². The zero-order valence-corrected chi connectivity index (χ0v) is 14.8. The molecule has 2 fully saturated rings. The molecular weight excluding hydrogens is 328 g/mol. The van der Waals surface area contributed by atoms with E-state index in [9.17, 15) is 13.2 Å². The largest absolute Gasteiger partial charge is 0.385 e. The molecule has 0 aromatic rings. The van der Waals surface area contributed by atoms with Crippen LogP contribution in [0.2, 0.25) is 0 Å². The fourth-order valence-corrected chi connectivity index (χ4v) is 4.90. The monoisotopic (exact) mass is 354 g/mol. The van der Waals surface area contributed by atoms with Gasteiger partial charge in [0.25, 0.3) is 0 Å². The van der Waals surface area contributed by atoms with E-state index >= 15 is 0 Å². The average Bonchev–Trinajstić information content (AvgIpc) is 2.84. The summed E-state index contributed by atoms with van der Waals surface area (Å²) in [7, 11) is -1.34. The number of ether oxygens (including phenoxy) is 1. The van der Waals surface area contributed by atoms with Crippen LogP contribution in [0, 0.1) is 5.92 Å². The van der Waals surface area contributed by atoms with Gasteiger partial charge in [-0.3, -0.25) is 4.79 Å². The molecule has 1 amide bonds. The van der Waals surface area contributed by atoms with Crippen LogP contribution in [0.25, 0.3) is 0 Å². The van der Waals surface area contributed by atoms with Crippen LogP contribution in [0.5, 0.6) is 0 Å². The maximum Gasteiger partial charge on any atom is 0.227 e. The Labute approximate surface area is 139 Å². The van der Waals surface area contributed by atoms with Crippen molar-refractivity contribution >= 4 is 28.2 Å². The molecule has 2 aliphatic heterocycles. The summed E-state index contributed by atoms with van der Waals surface area (Å²) in [6.07, 6.45) is 3.22. The predicted molar refractivity (Wildman–Crippen MR) is 88.1 cm³/mol. The lowest BCUT2D eigenvalue weighted by Crippen LogP contribution is -2.48. The standard InChI is InChI=1S/C14H26N2O4S.ClH/c1-20-8-3-7-16(13-5-9-21(18,19)11-13)14(17)12-4-2-6-15-10-12;/h12-13,15H,2-11H2,1H3;1H. The first kappa shape index (κ1) is 19.7. The van der Waals surface area contributed by atoms with Gasteiger partial charge in [-0.05, 0) is 32.2 Å². The topological polar surface area (TPSA) is 75.7 Å². The maximum absolute atomic E-state index is 12.7. The second kappa shape index (κ2) is 9.05. The summed E-state index contributed by atoms with van der Waals surface area (Å²) in [6, 6.07) is -0.152. The van der Waals surface area contributed by atoms with Gasteiger partial charge in [-0.2, -0.15) is 0 Å². The number of amides is 1. The fourth-order valence-electron chi connectivity index (χ4n) is 3.17. The molecule has 2 unspecified atom stereocenters. The van der Waals surface area contributed by atoms with Crippen LogP contribution < -0.4 is 5.32 Å². The Bertz CT molecular complexity index is 452. The van der Waals surface area contributed by atoms with Gasteiger partial charge in [0.2, 0.25) is 5.91 Å². The van der Waals surface area contributed by atoms with E-state index in [2.05, 4.69) is 5.32 Å². The number of methoxy groups -OCH3 is 1. The first-order chi connectivity index (χ1) is 10.0. The molecule has 0 saturated carbocycles. The van der Waals surface area contributed by atoms with E-state index in [0.717, 1.165) is 25.8 Å². The van der Waals surface area contributed by atoms with Crippen LogP contribution in [0.1, 0.15) is 25.7 Å². The Hall–Kier alpha value is -0.370. The quantitative estimate of drug-likeness (QED) is 0.701. The molecule has 2 atom stereocenters. The van der Waals surface area contributed by atoms with Crippen molar-refractivity contribution in [1.82, 2.24) is 10.2 Å². The average molecular weight is 355 g/mol. The lowest BCUT2D eigenvalue weighted by atomic mass is 9.97. The highest BCUT2D eigenvalue weighted by atomic mass is 35.5. The zero-order valence-electron chi connectivity index (χ0n) is 13.1. The number of halogens is 1. The van der Waals surface area contributed by atoms with E-state index < -0.39 is 9.84 Å². The molecule has 0 radical (unpaired) electrons. The van der Waals surface area contributed by atoms with Gasteiger partial charge in [-0.1, -0.05) is 0 Å². The van der Waals surface area contributed by atoms with E-state index in [4.69, 9.17) is 4.74 Å². The Balaban J connectivity index is 0.00000242. The van der Waals surface area contributed by atoms with Gasteiger partial charge in [0.15, 0.2) is 9.84 Å². The molecule has 22 heavy (non-hydrogen) atoms. The fraction of sp³-hybridized carbons (Fsp3) is 0.929. The first-order valence-electron chi connectivity index (χ1n) is 7.74. The number of nitrogens with zero attached hydrogens (tertiary/aromatic N) is 1. The molecule has 2 heterocycles. The molecule has 6 nitrogen and oxygen atoms in total. The van der Waals surface area contributed by atoms with Crippen LogP contribution in [-0.4, -0.2) is 70.1 Å². The Morgan fingerprint density at radius 1 is 1.36 bits per heavy atom. The summed E-state index contributed by atoms with van der Waals surface area (Å²) in [6.45, 7) is 2.85. The van der Waals surface area contributed by atoms with Crippen molar-refractivity contribution in [3.63, 3.8) is 0 Å². The van der Waals surface area contributed by atoms with Gasteiger partial charge in [-0.25, -0.2) is 8.42 Å². The van der Waals surface area contributed by atoms with Crippen molar-refractivity contribution in [3.05, 3.63) is 0 Å². The van der Waals surface area contributed by atoms with Gasteiger partial charge in [-0.15, -0.1) is 12.4 Å². The van der Waals surface area contributed by atoms with Crippen molar-refractivity contribution in [1.29, 1.82) is 0 Å². The molecule has 0 aliphatic carbocycles. The second-order valence-electron chi connectivity index (χ2n) is 5.98.